The number of fused-ring (bicyclic) bond motifs is 18. The lowest BCUT2D eigenvalue weighted by Gasteiger charge is -2.19. The van der Waals surface area contributed by atoms with E-state index in [0.717, 1.165) is 199 Å². The van der Waals surface area contributed by atoms with E-state index in [9.17, 15) is 21.0 Å². The maximum Gasteiger partial charge on any atom is 0.187 e. The first-order chi connectivity index (χ1) is 67.8. The number of para-hydroxylation sites is 4. The van der Waals surface area contributed by atoms with Gasteiger partial charge in [0.15, 0.2) is 11.4 Å². The van der Waals surface area contributed by atoms with Gasteiger partial charge in [0.25, 0.3) is 0 Å². The van der Waals surface area contributed by atoms with Crippen molar-refractivity contribution in [3.8, 4) is 170 Å². The summed E-state index contributed by atoms with van der Waals surface area (Å²) in [6, 6.07) is 141. The van der Waals surface area contributed by atoms with Crippen molar-refractivity contribution in [3.63, 3.8) is 0 Å². The van der Waals surface area contributed by atoms with E-state index in [1.807, 2.05) is 109 Å². The molecule has 0 aliphatic heterocycles. The van der Waals surface area contributed by atoms with Gasteiger partial charge in [-0.05, 0) is 405 Å². The van der Waals surface area contributed by atoms with Crippen LogP contribution in [0.25, 0.3) is 263 Å². The molecule has 636 valence electrons. The van der Waals surface area contributed by atoms with E-state index in [1.165, 1.54) is 77.2 Å². The van der Waals surface area contributed by atoms with Gasteiger partial charge >= 0.3 is 0 Å². The van der Waals surface area contributed by atoms with Gasteiger partial charge in [0.05, 0.1) is 81.7 Å². The average Bonchev–Trinajstić information content (AvgIpc) is 1.52. The number of nitriles is 4. The zero-order chi connectivity index (χ0) is 93.0. The Kier molecular flexibility index (Phi) is 18.6. The summed E-state index contributed by atoms with van der Waals surface area (Å²) in [6.45, 7) is 24.2. The second-order valence-electron chi connectivity index (χ2n) is 36.1. The number of aromatic nitrogens is 4. The van der Waals surface area contributed by atoms with Gasteiger partial charge in [0.2, 0.25) is 0 Å². The Bertz CT molecular complexity index is 9300. The maximum atomic E-state index is 9.87. The Hall–Kier alpha value is -19.2. The van der Waals surface area contributed by atoms with Crippen LogP contribution in [0.1, 0.15) is 44.5 Å². The molecule has 10 nitrogen and oxygen atoms in total. The van der Waals surface area contributed by atoms with E-state index in [2.05, 4.69) is 338 Å². The zero-order valence-electron chi connectivity index (χ0n) is 75.3. The second kappa shape index (κ2) is 31.8. The van der Waals surface area contributed by atoms with Gasteiger partial charge in [0.1, 0.15) is 11.6 Å². The third kappa shape index (κ3) is 12.7. The predicted octanol–water partition coefficient (Wildman–Crippen LogP) is 33.7. The van der Waals surface area contributed by atoms with Crippen LogP contribution in [0, 0.1) is 86.2 Å². The Morgan fingerprint density at radius 1 is 0.217 bits per heavy atom. The molecular formula is C128H74N10. The van der Waals surface area contributed by atoms with E-state index >= 15 is 0 Å². The summed E-state index contributed by atoms with van der Waals surface area (Å²) in [5.74, 6) is 1.82. The van der Waals surface area contributed by atoms with Crippen molar-refractivity contribution in [2.45, 2.75) is 27.7 Å². The maximum absolute atomic E-state index is 9.87. The minimum Gasteiger partial charge on any atom is -0.292 e. The van der Waals surface area contributed by atoms with E-state index in [1.54, 1.807) is 0 Å². The molecule has 24 aromatic rings. The summed E-state index contributed by atoms with van der Waals surface area (Å²) in [7, 11) is 0. The minimum atomic E-state index is 0.571. The van der Waals surface area contributed by atoms with Crippen LogP contribution in [0.2, 0.25) is 0 Å². The van der Waals surface area contributed by atoms with Crippen molar-refractivity contribution in [1.82, 2.24) is 19.1 Å². The fourth-order valence-electron chi connectivity index (χ4n) is 22.2. The van der Waals surface area contributed by atoms with Crippen LogP contribution in [-0.4, -0.2) is 19.1 Å². The molecule has 10 heteroatoms. The van der Waals surface area contributed by atoms with Gasteiger partial charge in [-0.25, -0.2) is 19.7 Å². The normalized spacial score (nSPS) is 11.6. The van der Waals surface area contributed by atoms with Crippen molar-refractivity contribution in [3.05, 3.63) is 443 Å². The van der Waals surface area contributed by atoms with E-state index in [0.29, 0.717) is 33.6 Å². The molecule has 0 fully saturated rings. The zero-order valence-corrected chi connectivity index (χ0v) is 75.3. The smallest absolute Gasteiger partial charge is 0.187 e. The lowest BCUT2D eigenvalue weighted by Crippen LogP contribution is -1.97. The molecule has 0 saturated carbocycles. The number of benzene rings is 22. The minimum absolute atomic E-state index is 0.571. The molecule has 0 atom stereocenters. The molecule has 22 aromatic carbocycles. The summed E-state index contributed by atoms with van der Waals surface area (Å²) in [5.41, 5.74) is 38.5. The van der Waals surface area contributed by atoms with Gasteiger partial charge in [-0.15, -0.1) is 0 Å². The number of aryl methyl sites for hydroxylation is 4. The molecule has 0 amide bonds. The van der Waals surface area contributed by atoms with Crippen LogP contribution in [0.5, 0.6) is 0 Å². The van der Waals surface area contributed by atoms with E-state index in [4.69, 9.17) is 23.1 Å². The molecule has 2 heterocycles. The second-order valence-corrected chi connectivity index (χ2v) is 36.1. The van der Waals surface area contributed by atoms with Crippen LogP contribution < -0.4 is 0 Å². The Labute approximate surface area is 795 Å². The molecule has 0 unspecified atom stereocenters. The Morgan fingerprint density at radius 3 is 0.848 bits per heavy atom. The largest absolute Gasteiger partial charge is 0.292 e. The van der Waals surface area contributed by atoms with E-state index < -0.39 is 0 Å². The molecular weight excluding hydrogens is 1680 g/mol. The Morgan fingerprint density at radius 2 is 0.507 bits per heavy atom. The monoisotopic (exact) mass is 1750 g/mol. The predicted molar refractivity (Wildman–Crippen MR) is 565 cm³/mol. The van der Waals surface area contributed by atoms with Crippen LogP contribution in [0.3, 0.4) is 0 Å². The fourth-order valence-corrected chi connectivity index (χ4v) is 22.2. The summed E-state index contributed by atoms with van der Waals surface area (Å²) in [6.07, 6.45) is 0. The molecule has 26 rings (SSSR count). The van der Waals surface area contributed by atoms with Crippen LogP contribution in [0.4, 0.5) is 11.4 Å². The number of nitrogens with zero attached hydrogens (tertiary/aromatic N) is 10. The summed E-state index contributed by atoms with van der Waals surface area (Å²) >= 11 is 0. The summed E-state index contributed by atoms with van der Waals surface area (Å²) in [4.78, 5) is 17.8. The highest BCUT2D eigenvalue weighted by Gasteiger charge is 2.31. The lowest BCUT2D eigenvalue weighted by atomic mass is 9.84. The third-order valence-electron chi connectivity index (χ3n) is 28.5. The highest BCUT2D eigenvalue weighted by molar-refractivity contribution is 6.31. The first-order valence-electron chi connectivity index (χ1n) is 46.0. The number of imidazole rings is 2. The quantitative estimate of drug-likeness (QED) is 0.0987. The lowest BCUT2D eigenvalue weighted by molar-refractivity contribution is 1.10. The van der Waals surface area contributed by atoms with Gasteiger partial charge in [-0.2, -0.15) is 21.0 Å². The number of hydrogen-bond donors (Lipinski definition) is 0. The number of rotatable bonds is 10. The van der Waals surface area contributed by atoms with Crippen LogP contribution in [-0.2, 0) is 0 Å². The van der Waals surface area contributed by atoms with Crippen molar-refractivity contribution >= 4 is 120 Å². The first-order valence-corrected chi connectivity index (χ1v) is 46.0. The molecule has 2 aromatic heterocycles. The molecule has 0 radical (unpaired) electrons. The van der Waals surface area contributed by atoms with Gasteiger partial charge < -0.3 is 0 Å². The number of hydrogen-bond acceptors (Lipinski definition) is 6. The third-order valence-corrected chi connectivity index (χ3v) is 28.5. The first kappa shape index (κ1) is 80.8. The SMILES string of the molecule is [C-]#[N+]c1ccc2c(c1)c(-c1ccc(C#N)cc1C)cc1c3cc4c(cc3c(-c3ccc(C#N)cc3C)cc21)-c1ccc(-c2ccc(-n3c(-c5ccccc5)nc5ccccc53)cc2)c2cccc-4c12.[C-]#[N+]c1ccc2c(c1)c(-c1ccc(C#N)cc1C)cc1c3cc4c(cc3c(-c3ccc(C#N)cc3C)cc21)-c1cccc2c(-c3ccc(-n5c(-c6ccccc6)nc6ccccc65)cc3)ccc-4c12. The highest BCUT2D eigenvalue weighted by atomic mass is 15.1. The molecule has 138 heavy (non-hydrogen) atoms. The van der Waals surface area contributed by atoms with Gasteiger partial charge in [-0.1, -0.05) is 218 Å². The van der Waals surface area contributed by atoms with Crippen molar-refractivity contribution in [2.75, 3.05) is 0 Å². The molecule has 2 aliphatic carbocycles. The van der Waals surface area contributed by atoms with Crippen LogP contribution in [0.15, 0.2) is 376 Å². The standard InChI is InChI=1S/2C64H37N5/c1-37-28-39(35-65)16-23-45(37)53-32-59-55(48-25-20-43(67-3)30-52(48)53)31-54(46-24-17-40(36-66)29-38(46)2)58-34-57-51-27-26-47(49-12-9-13-50(63(49)51)56(57)33-60(58)59)41-18-21-44(22-19-41)69-62-15-8-7-14-61(62)68-64(69)42-10-5-4-6-11-42;1-37-28-39(35-65)16-23-45(37)53-32-59-55(48-25-20-43(67-3)30-52(48)53)31-54(46-24-17-40(36-66)29-38(46)2)58-33-56-50-13-9-12-49-47(26-27-51(63(49)50)57(56)34-60(58)59)41-18-21-44(22-19-41)69-62-15-8-7-14-61(62)68-64(69)42-10-5-4-6-11-42/h2*4-34H,1-2H3. The topological polar surface area (TPSA) is 140 Å². The molecule has 2 aliphatic rings. The summed E-state index contributed by atoms with van der Waals surface area (Å²) < 4.78 is 4.51. The molecule has 0 bridgehead atoms. The van der Waals surface area contributed by atoms with Gasteiger partial charge in [0, 0.05) is 22.5 Å². The summed E-state index contributed by atoms with van der Waals surface area (Å²) in [5, 5.41) is 57.1. The van der Waals surface area contributed by atoms with Crippen molar-refractivity contribution in [2.24, 2.45) is 0 Å². The van der Waals surface area contributed by atoms with E-state index in [-0.39, 0.29) is 0 Å². The van der Waals surface area contributed by atoms with Crippen molar-refractivity contribution in [1.29, 1.82) is 21.0 Å². The fraction of sp³-hybridized carbons (Fsp3) is 0.0312. The highest BCUT2D eigenvalue weighted by Crippen LogP contribution is 2.57. The molecule has 0 saturated heterocycles. The Balaban J connectivity index is 0.000000146. The molecule has 0 spiro atoms. The van der Waals surface area contributed by atoms with Gasteiger partial charge in [-0.3, -0.25) is 9.13 Å². The van der Waals surface area contributed by atoms with Crippen LogP contribution >= 0.6 is 0 Å². The molecule has 0 N–H and O–H groups in total. The van der Waals surface area contributed by atoms with Crippen molar-refractivity contribution < 1.29 is 0 Å². The average molecular weight is 1750 g/mol.